The standard InChI is InChI=1S/C25H25N3O8/c1-16-2-9-22(25(30)31)23(10-16)24(29)26-12-17-3-5-18(6-4-17)13-27-35-14-20-11-21(28(32)33)8-7-19(20)15-36-34/h2-11,27,34H,12-15H2,1H3,(H,26,29)(H,30,31). The van der Waals surface area contributed by atoms with E-state index in [9.17, 15) is 24.8 Å². The first-order valence-corrected chi connectivity index (χ1v) is 10.9. The van der Waals surface area contributed by atoms with E-state index in [0.29, 0.717) is 17.7 Å². The second kappa shape index (κ2) is 12.5. The summed E-state index contributed by atoms with van der Waals surface area (Å²) in [7, 11) is 0. The van der Waals surface area contributed by atoms with Crippen molar-refractivity contribution in [3.8, 4) is 0 Å². The number of amides is 1. The van der Waals surface area contributed by atoms with E-state index in [1.165, 1.54) is 24.3 Å². The minimum absolute atomic E-state index is 0.0157. The van der Waals surface area contributed by atoms with Crippen LogP contribution in [0.25, 0.3) is 0 Å². The van der Waals surface area contributed by atoms with Gasteiger partial charge in [0.1, 0.15) is 6.61 Å². The number of aromatic carboxylic acids is 1. The lowest BCUT2D eigenvalue weighted by Gasteiger charge is -2.11. The second-order valence-corrected chi connectivity index (χ2v) is 7.95. The number of aryl methyl sites for hydroxylation is 1. The van der Waals surface area contributed by atoms with Crippen molar-refractivity contribution < 1.29 is 34.6 Å². The lowest BCUT2D eigenvalue weighted by atomic mass is 10.0. The van der Waals surface area contributed by atoms with Gasteiger partial charge in [0.15, 0.2) is 0 Å². The number of nitro groups is 1. The number of carbonyl (C=O) groups excluding carboxylic acids is 1. The molecule has 36 heavy (non-hydrogen) atoms. The van der Waals surface area contributed by atoms with Crippen LogP contribution in [-0.2, 0) is 36.0 Å². The smallest absolute Gasteiger partial charge is 0.336 e. The van der Waals surface area contributed by atoms with Crippen LogP contribution in [0.4, 0.5) is 5.69 Å². The van der Waals surface area contributed by atoms with Crippen LogP contribution in [0.3, 0.4) is 0 Å². The van der Waals surface area contributed by atoms with Crippen LogP contribution < -0.4 is 10.8 Å². The fourth-order valence-corrected chi connectivity index (χ4v) is 3.42. The van der Waals surface area contributed by atoms with Gasteiger partial charge >= 0.3 is 5.97 Å². The average Bonchev–Trinajstić information content (AvgIpc) is 2.86. The largest absolute Gasteiger partial charge is 0.478 e. The van der Waals surface area contributed by atoms with Gasteiger partial charge in [-0.15, -0.1) is 0 Å². The van der Waals surface area contributed by atoms with Gasteiger partial charge in [-0.05, 0) is 47.4 Å². The topological polar surface area (TPSA) is 160 Å². The van der Waals surface area contributed by atoms with Crippen LogP contribution in [0.2, 0.25) is 0 Å². The molecule has 4 N–H and O–H groups in total. The van der Waals surface area contributed by atoms with Gasteiger partial charge in [-0.1, -0.05) is 35.9 Å². The first kappa shape index (κ1) is 26.4. The molecule has 0 saturated heterocycles. The number of nitrogens with zero attached hydrogens (tertiary/aromatic N) is 1. The SMILES string of the molecule is Cc1ccc(C(=O)O)c(C(=O)NCc2ccc(CNOCc3cc([N+](=O)[O-])ccc3COO)cc2)c1. The van der Waals surface area contributed by atoms with Crippen molar-refractivity contribution in [2.45, 2.75) is 33.2 Å². The van der Waals surface area contributed by atoms with Gasteiger partial charge in [0.05, 0.1) is 22.7 Å². The van der Waals surface area contributed by atoms with Gasteiger partial charge < -0.3 is 10.4 Å². The van der Waals surface area contributed by atoms with E-state index in [0.717, 1.165) is 16.7 Å². The highest BCUT2D eigenvalue weighted by molar-refractivity contribution is 6.04. The third-order valence-corrected chi connectivity index (χ3v) is 5.35. The normalized spacial score (nSPS) is 10.7. The molecule has 0 unspecified atom stereocenters. The van der Waals surface area contributed by atoms with Gasteiger partial charge in [-0.25, -0.2) is 9.68 Å². The molecule has 0 spiro atoms. The Balaban J connectivity index is 1.51. The van der Waals surface area contributed by atoms with E-state index in [-0.39, 0.29) is 36.6 Å². The summed E-state index contributed by atoms with van der Waals surface area (Å²) >= 11 is 0. The van der Waals surface area contributed by atoms with Gasteiger partial charge in [0, 0.05) is 25.2 Å². The Morgan fingerprint density at radius 1 is 0.917 bits per heavy atom. The fourth-order valence-electron chi connectivity index (χ4n) is 3.42. The summed E-state index contributed by atoms with van der Waals surface area (Å²) in [5.74, 6) is -1.63. The van der Waals surface area contributed by atoms with Crippen molar-refractivity contribution in [2.24, 2.45) is 0 Å². The highest BCUT2D eigenvalue weighted by Gasteiger charge is 2.16. The van der Waals surface area contributed by atoms with Crippen LogP contribution in [0.5, 0.6) is 0 Å². The fraction of sp³-hybridized carbons (Fsp3) is 0.200. The van der Waals surface area contributed by atoms with Crippen molar-refractivity contribution in [1.29, 1.82) is 0 Å². The van der Waals surface area contributed by atoms with E-state index in [4.69, 9.17) is 10.1 Å². The molecule has 0 atom stereocenters. The Morgan fingerprint density at radius 2 is 1.61 bits per heavy atom. The van der Waals surface area contributed by atoms with Crippen molar-refractivity contribution in [1.82, 2.24) is 10.8 Å². The molecule has 0 aliphatic rings. The van der Waals surface area contributed by atoms with Crippen LogP contribution in [-0.4, -0.2) is 27.2 Å². The van der Waals surface area contributed by atoms with Crippen LogP contribution >= 0.6 is 0 Å². The molecule has 0 heterocycles. The molecule has 0 bridgehead atoms. The minimum atomic E-state index is -1.16. The maximum Gasteiger partial charge on any atom is 0.336 e. The van der Waals surface area contributed by atoms with Crippen molar-refractivity contribution in [3.05, 3.63) is 110 Å². The Hall–Kier alpha value is -4.16. The Morgan fingerprint density at radius 3 is 2.25 bits per heavy atom. The minimum Gasteiger partial charge on any atom is -0.478 e. The number of carbonyl (C=O) groups is 2. The number of hydrogen-bond acceptors (Lipinski definition) is 8. The van der Waals surface area contributed by atoms with Crippen molar-refractivity contribution in [3.63, 3.8) is 0 Å². The van der Waals surface area contributed by atoms with E-state index in [1.807, 2.05) is 24.3 Å². The summed E-state index contributed by atoms with van der Waals surface area (Å²) in [5, 5.41) is 31.7. The van der Waals surface area contributed by atoms with Gasteiger partial charge in [-0.3, -0.25) is 25.0 Å². The van der Waals surface area contributed by atoms with E-state index in [1.54, 1.807) is 19.1 Å². The van der Waals surface area contributed by atoms with E-state index in [2.05, 4.69) is 15.7 Å². The van der Waals surface area contributed by atoms with Crippen molar-refractivity contribution in [2.75, 3.05) is 0 Å². The maximum absolute atomic E-state index is 12.5. The maximum atomic E-state index is 12.5. The summed E-state index contributed by atoms with van der Waals surface area (Å²) in [6, 6.07) is 16.1. The number of carboxylic acids is 1. The molecule has 0 aromatic heterocycles. The van der Waals surface area contributed by atoms with Crippen molar-refractivity contribution >= 4 is 17.6 Å². The quantitative estimate of drug-likeness (QED) is 0.127. The zero-order valence-corrected chi connectivity index (χ0v) is 19.4. The molecular formula is C25H25N3O8. The number of carboxylic acid groups (broad SMARTS) is 1. The number of benzene rings is 3. The highest BCUT2D eigenvalue weighted by atomic mass is 17.1. The first-order valence-electron chi connectivity index (χ1n) is 10.9. The summed E-state index contributed by atoms with van der Waals surface area (Å²) in [5.41, 5.74) is 6.28. The molecule has 0 aliphatic heterocycles. The Kier molecular flexibility index (Phi) is 9.19. The second-order valence-electron chi connectivity index (χ2n) is 7.95. The molecule has 0 fully saturated rings. The summed E-state index contributed by atoms with van der Waals surface area (Å²) in [6.07, 6.45) is 0. The highest BCUT2D eigenvalue weighted by Crippen LogP contribution is 2.19. The molecule has 3 aromatic carbocycles. The average molecular weight is 495 g/mol. The molecular weight excluding hydrogens is 470 g/mol. The zero-order valence-electron chi connectivity index (χ0n) is 19.4. The first-order chi connectivity index (χ1) is 17.3. The number of rotatable bonds is 12. The predicted molar refractivity (Wildman–Crippen MR) is 128 cm³/mol. The predicted octanol–water partition coefficient (Wildman–Crippen LogP) is 3.74. The van der Waals surface area contributed by atoms with Crippen LogP contribution in [0, 0.1) is 17.0 Å². The summed E-state index contributed by atoms with van der Waals surface area (Å²) in [6.45, 7) is 2.24. The third-order valence-electron chi connectivity index (χ3n) is 5.35. The lowest BCUT2D eigenvalue weighted by Crippen LogP contribution is -2.25. The summed E-state index contributed by atoms with van der Waals surface area (Å²) < 4.78 is 0. The summed E-state index contributed by atoms with van der Waals surface area (Å²) in [4.78, 5) is 44.0. The number of nitrogens with one attached hydrogen (secondary N) is 2. The molecule has 3 rings (SSSR count). The van der Waals surface area contributed by atoms with Gasteiger partial charge in [0.2, 0.25) is 0 Å². The lowest BCUT2D eigenvalue weighted by molar-refractivity contribution is -0.385. The molecule has 11 heteroatoms. The molecule has 0 aliphatic carbocycles. The van der Waals surface area contributed by atoms with E-state index < -0.39 is 16.8 Å². The molecule has 1 amide bonds. The third kappa shape index (κ3) is 7.17. The van der Waals surface area contributed by atoms with Crippen LogP contribution in [0.15, 0.2) is 60.7 Å². The molecule has 3 aromatic rings. The Labute approximate surface area is 206 Å². The van der Waals surface area contributed by atoms with Crippen LogP contribution in [0.1, 0.15) is 48.5 Å². The number of nitro benzene ring substituents is 1. The molecule has 0 radical (unpaired) electrons. The zero-order chi connectivity index (χ0) is 26.1. The van der Waals surface area contributed by atoms with Gasteiger partial charge in [0.25, 0.3) is 11.6 Å². The Bertz CT molecular complexity index is 1240. The number of hydroxylamine groups is 1. The molecule has 0 saturated carbocycles. The van der Waals surface area contributed by atoms with E-state index >= 15 is 0 Å². The van der Waals surface area contributed by atoms with Gasteiger partial charge in [-0.2, -0.15) is 5.48 Å². The molecule has 11 nitrogen and oxygen atoms in total. The molecule has 188 valence electrons. The number of non-ortho nitro benzene ring substituents is 1. The number of hydrogen-bond donors (Lipinski definition) is 4. The monoisotopic (exact) mass is 495 g/mol.